The Labute approximate surface area is 217 Å². The average molecular weight is 516 g/mol. The largest absolute Gasteiger partial charge is 0.416 e. The van der Waals surface area contributed by atoms with Gasteiger partial charge in [0, 0.05) is 30.5 Å². The maximum Gasteiger partial charge on any atom is 0.416 e. The van der Waals surface area contributed by atoms with Gasteiger partial charge in [0.25, 0.3) is 0 Å². The summed E-state index contributed by atoms with van der Waals surface area (Å²) in [5.41, 5.74) is 1.44. The normalized spacial score (nSPS) is 22.3. The van der Waals surface area contributed by atoms with Crippen LogP contribution in [0.2, 0.25) is 0 Å². The van der Waals surface area contributed by atoms with Gasteiger partial charge in [-0.05, 0) is 88.4 Å². The van der Waals surface area contributed by atoms with E-state index in [1.54, 1.807) is 17.9 Å². The van der Waals surface area contributed by atoms with Crippen molar-refractivity contribution in [2.75, 3.05) is 30.4 Å². The number of nitrogens with zero attached hydrogens (tertiary/aromatic N) is 2. The van der Waals surface area contributed by atoms with Crippen LogP contribution in [0.1, 0.15) is 61.8 Å². The van der Waals surface area contributed by atoms with Crippen molar-refractivity contribution in [1.82, 2.24) is 4.90 Å². The van der Waals surface area contributed by atoms with Crippen molar-refractivity contribution in [3.05, 3.63) is 58.7 Å². The van der Waals surface area contributed by atoms with Crippen molar-refractivity contribution in [3.8, 4) is 0 Å². The molecule has 200 valence electrons. The Morgan fingerprint density at radius 2 is 1.78 bits per heavy atom. The van der Waals surface area contributed by atoms with Gasteiger partial charge in [-0.1, -0.05) is 25.1 Å². The van der Waals surface area contributed by atoms with Gasteiger partial charge in [-0.15, -0.1) is 0 Å². The van der Waals surface area contributed by atoms with Crippen LogP contribution >= 0.6 is 0 Å². The number of hydrogen-bond acceptors (Lipinski definition) is 3. The lowest BCUT2D eigenvalue weighted by molar-refractivity contribution is -0.137. The average Bonchev–Trinajstić information content (AvgIpc) is 3.63. The van der Waals surface area contributed by atoms with Gasteiger partial charge in [-0.25, -0.2) is 0 Å². The van der Waals surface area contributed by atoms with Crippen LogP contribution < -0.4 is 10.2 Å². The number of amides is 2. The summed E-state index contributed by atoms with van der Waals surface area (Å²) in [6, 6.07) is 9.72. The summed E-state index contributed by atoms with van der Waals surface area (Å²) in [7, 11) is 1.90. The van der Waals surface area contributed by atoms with Crippen molar-refractivity contribution < 1.29 is 22.8 Å². The first-order chi connectivity index (χ1) is 17.2. The Kier molecular flexibility index (Phi) is 7.18. The van der Waals surface area contributed by atoms with E-state index < -0.39 is 29.0 Å². The van der Waals surface area contributed by atoms with Gasteiger partial charge in [0.05, 0.1) is 16.9 Å². The van der Waals surface area contributed by atoms with E-state index in [1.807, 2.05) is 57.8 Å². The second-order valence-electron chi connectivity index (χ2n) is 11.1. The first kappa shape index (κ1) is 27.2. The quantitative estimate of drug-likeness (QED) is 0.481. The van der Waals surface area contributed by atoms with E-state index in [0.29, 0.717) is 12.1 Å². The van der Waals surface area contributed by atoms with Crippen LogP contribution in [0.4, 0.5) is 24.5 Å². The second-order valence-corrected chi connectivity index (χ2v) is 11.1. The molecule has 2 unspecified atom stereocenters. The highest BCUT2D eigenvalue weighted by molar-refractivity contribution is 6.08. The minimum atomic E-state index is -4.52. The predicted octanol–water partition coefficient (Wildman–Crippen LogP) is 6.15. The molecule has 2 aromatic rings. The van der Waals surface area contributed by atoms with E-state index >= 15 is 0 Å². The molecule has 0 bridgehead atoms. The number of rotatable bonds is 7. The molecule has 1 heterocycles. The Morgan fingerprint density at radius 1 is 1.16 bits per heavy atom. The molecular weight excluding hydrogens is 479 g/mol. The van der Waals surface area contributed by atoms with Crippen molar-refractivity contribution in [2.45, 2.75) is 65.6 Å². The molecule has 1 saturated heterocycles. The van der Waals surface area contributed by atoms with Gasteiger partial charge in [-0.3, -0.25) is 9.59 Å². The summed E-state index contributed by atoms with van der Waals surface area (Å²) < 4.78 is 41.0. The number of aryl methyl sites for hydroxylation is 2. The van der Waals surface area contributed by atoms with E-state index in [2.05, 4.69) is 5.32 Å². The summed E-state index contributed by atoms with van der Waals surface area (Å²) in [4.78, 5) is 31.4. The van der Waals surface area contributed by atoms with E-state index in [0.717, 1.165) is 35.7 Å². The summed E-state index contributed by atoms with van der Waals surface area (Å²) >= 11 is 0. The van der Waals surface area contributed by atoms with Gasteiger partial charge < -0.3 is 15.1 Å². The number of benzene rings is 2. The zero-order chi connectivity index (χ0) is 27.3. The number of carbonyl (C=O) groups is 2. The third kappa shape index (κ3) is 5.26. The smallest absolute Gasteiger partial charge is 0.325 e. The molecule has 1 saturated carbocycles. The highest BCUT2D eigenvalue weighted by Gasteiger charge is 2.56. The first-order valence-electron chi connectivity index (χ1n) is 12.9. The summed E-state index contributed by atoms with van der Waals surface area (Å²) in [6.07, 6.45) is -2.84. The third-order valence-corrected chi connectivity index (χ3v) is 8.07. The maximum absolute atomic E-state index is 14.1. The predicted molar refractivity (Wildman–Crippen MR) is 140 cm³/mol. The fourth-order valence-corrected chi connectivity index (χ4v) is 5.34. The number of alkyl halides is 3. The van der Waals surface area contributed by atoms with Crippen molar-refractivity contribution in [3.63, 3.8) is 0 Å². The zero-order valence-corrected chi connectivity index (χ0v) is 22.4. The van der Waals surface area contributed by atoms with E-state index in [-0.39, 0.29) is 30.1 Å². The van der Waals surface area contributed by atoms with Crippen LogP contribution in [0.3, 0.4) is 0 Å². The Balaban J connectivity index is 1.74. The third-order valence-electron chi connectivity index (χ3n) is 8.07. The molecule has 8 heteroatoms. The van der Waals surface area contributed by atoms with Crippen LogP contribution in [0.25, 0.3) is 0 Å². The lowest BCUT2D eigenvalue weighted by Gasteiger charge is -2.36. The summed E-state index contributed by atoms with van der Waals surface area (Å²) in [5.74, 6) is -1.17. The van der Waals surface area contributed by atoms with Crippen molar-refractivity contribution in [1.29, 1.82) is 0 Å². The van der Waals surface area contributed by atoms with Gasteiger partial charge in [0.2, 0.25) is 11.8 Å². The summed E-state index contributed by atoms with van der Waals surface area (Å²) in [5, 5.41) is 2.81. The maximum atomic E-state index is 14.1. The number of anilines is 2. The minimum absolute atomic E-state index is 0.0884. The molecule has 0 spiro atoms. The molecule has 37 heavy (non-hydrogen) atoms. The Bertz CT molecular complexity index is 1190. The molecule has 2 fully saturated rings. The van der Waals surface area contributed by atoms with Crippen molar-refractivity contribution >= 4 is 23.2 Å². The van der Waals surface area contributed by atoms with E-state index in [9.17, 15) is 22.8 Å². The molecule has 4 rings (SSSR count). The minimum Gasteiger partial charge on any atom is -0.325 e. The molecule has 1 N–H and O–H groups in total. The first-order valence-corrected chi connectivity index (χ1v) is 12.9. The van der Waals surface area contributed by atoms with Crippen LogP contribution in [0, 0.1) is 25.2 Å². The molecule has 5 nitrogen and oxygen atoms in total. The van der Waals surface area contributed by atoms with Crippen LogP contribution in [0.5, 0.6) is 0 Å². The standard InChI is InChI=1S/C29H36F3N3O2/c1-17(2)34(6)15-28(16-35(26(36)20(28)5)25-18(3)8-7-9-19(25)4)27(37)33-24-13-22(21-10-11-21)12-23(14-24)29(30,31)32/h7-9,12-14,17,20-21H,10-11,15-16H2,1-6H3,(H,33,37). The second kappa shape index (κ2) is 9.78. The number of para-hydroxylation sites is 1. The van der Waals surface area contributed by atoms with Gasteiger partial charge in [0.1, 0.15) is 0 Å². The van der Waals surface area contributed by atoms with E-state index in [1.165, 1.54) is 6.07 Å². The monoisotopic (exact) mass is 515 g/mol. The van der Waals surface area contributed by atoms with Gasteiger partial charge >= 0.3 is 6.18 Å². The SMILES string of the molecule is Cc1cccc(C)c1N1CC(CN(C)C(C)C)(C(=O)Nc2cc(C3CC3)cc(C(F)(F)F)c2)C(C)C1=O. The van der Waals surface area contributed by atoms with Gasteiger partial charge in [0.15, 0.2) is 0 Å². The van der Waals surface area contributed by atoms with Crippen LogP contribution in [0.15, 0.2) is 36.4 Å². The lowest BCUT2D eigenvalue weighted by Crippen LogP contribution is -2.51. The number of carbonyl (C=O) groups excluding carboxylic acids is 2. The highest BCUT2D eigenvalue weighted by atomic mass is 19.4. The number of nitrogens with one attached hydrogen (secondary N) is 1. The lowest BCUT2D eigenvalue weighted by atomic mass is 9.77. The highest BCUT2D eigenvalue weighted by Crippen LogP contribution is 2.45. The Hall–Kier alpha value is -2.87. The zero-order valence-electron chi connectivity index (χ0n) is 22.4. The van der Waals surface area contributed by atoms with Crippen LogP contribution in [-0.2, 0) is 15.8 Å². The Morgan fingerprint density at radius 3 is 2.32 bits per heavy atom. The number of hydrogen-bond donors (Lipinski definition) is 1. The molecule has 2 atom stereocenters. The molecule has 1 aliphatic heterocycles. The molecule has 2 aromatic carbocycles. The van der Waals surface area contributed by atoms with Gasteiger partial charge in [-0.2, -0.15) is 13.2 Å². The molecule has 1 aliphatic carbocycles. The molecular formula is C29H36F3N3O2. The van der Waals surface area contributed by atoms with Crippen LogP contribution in [-0.4, -0.2) is 42.9 Å². The van der Waals surface area contributed by atoms with E-state index in [4.69, 9.17) is 0 Å². The molecule has 0 radical (unpaired) electrons. The fraction of sp³-hybridized carbons (Fsp3) is 0.517. The molecule has 2 aliphatic rings. The van der Waals surface area contributed by atoms with Crippen molar-refractivity contribution in [2.24, 2.45) is 11.3 Å². The molecule has 2 amide bonds. The number of halogens is 3. The fourth-order valence-electron chi connectivity index (χ4n) is 5.34. The summed E-state index contributed by atoms with van der Waals surface area (Å²) in [6.45, 7) is 10.1. The topological polar surface area (TPSA) is 52.6 Å². The molecule has 0 aromatic heterocycles.